The number of hydrogen-bond donors (Lipinski definition) is 0. The number of nitrogens with zero attached hydrogens (tertiary/aromatic N) is 7. The molecule has 168 valence electrons. The summed E-state index contributed by atoms with van der Waals surface area (Å²) >= 11 is 0. The van der Waals surface area contributed by atoms with Crippen LogP contribution >= 0.6 is 0 Å². The van der Waals surface area contributed by atoms with Gasteiger partial charge in [-0.3, -0.25) is 14.9 Å². The van der Waals surface area contributed by atoms with Gasteiger partial charge < -0.3 is 4.90 Å². The second-order valence-corrected chi connectivity index (χ2v) is 8.27. The lowest BCUT2D eigenvalue weighted by atomic mass is 10.1. The van der Waals surface area contributed by atoms with Gasteiger partial charge in [-0.25, -0.2) is 14.1 Å². The first kappa shape index (κ1) is 21.2. The van der Waals surface area contributed by atoms with Crippen LogP contribution in [0, 0.1) is 19.7 Å². The molecule has 0 bridgehead atoms. The molecule has 0 amide bonds. The molecule has 7 nitrogen and oxygen atoms in total. The van der Waals surface area contributed by atoms with Crippen LogP contribution in [0.5, 0.6) is 0 Å². The molecule has 1 saturated heterocycles. The van der Waals surface area contributed by atoms with Crippen LogP contribution in [0.25, 0.3) is 16.9 Å². The Kier molecular flexibility index (Phi) is 5.83. The number of aromatic nitrogens is 5. The molecule has 1 aliphatic rings. The third-order valence-electron chi connectivity index (χ3n) is 6.20. The summed E-state index contributed by atoms with van der Waals surface area (Å²) in [5, 5.41) is 4.77. The van der Waals surface area contributed by atoms with Crippen LogP contribution in [0.15, 0.2) is 61.2 Å². The lowest BCUT2D eigenvalue weighted by Gasteiger charge is -2.36. The van der Waals surface area contributed by atoms with Crippen LogP contribution in [0.3, 0.4) is 0 Å². The molecule has 4 aromatic rings. The topological polar surface area (TPSA) is 63.0 Å². The van der Waals surface area contributed by atoms with E-state index in [0.29, 0.717) is 0 Å². The maximum absolute atomic E-state index is 13.4. The van der Waals surface area contributed by atoms with Crippen molar-refractivity contribution in [2.45, 2.75) is 20.4 Å². The van der Waals surface area contributed by atoms with Gasteiger partial charge in [-0.2, -0.15) is 5.10 Å². The minimum absolute atomic E-state index is 0.254. The summed E-state index contributed by atoms with van der Waals surface area (Å²) in [7, 11) is 0. The first-order valence-electron chi connectivity index (χ1n) is 11.1. The van der Waals surface area contributed by atoms with E-state index in [9.17, 15) is 4.39 Å². The van der Waals surface area contributed by atoms with Gasteiger partial charge in [0.1, 0.15) is 11.5 Å². The summed E-state index contributed by atoms with van der Waals surface area (Å²) < 4.78 is 15.4. The Morgan fingerprint density at radius 3 is 2.27 bits per heavy atom. The van der Waals surface area contributed by atoms with Crippen LogP contribution in [0.2, 0.25) is 0 Å². The Morgan fingerprint density at radius 1 is 0.848 bits per heavy atom. The summed E-state index contributed by atoms with van der Waals surface area (Å²) in [5.74, 6) is 0.595. The van der Waals surface area contributed by atoms with Crippen LogP contribution in [0.1, 0.15) is 17.0 Å². The van der Waals surface area contributed by atoms with Crippen molar-refractivity contribution in [3.05, 3.63) is 84.0 Å². The number of benzene rings is 1. The van der Waals surface area contributed by atoms with Crippen molar-refractivity contribution in [3.63, 3.8) is 0 Å². The zero-order valence-electron chi connectivity index (χ0n) is 18.8. The van der Waals surface area contributed by atoms with Gasteiger partial charge in [0.25, 0.3) is 0 Å². The average Bonchev–Trinajstić information content (AvgIpc) is 3.14. The first-order chi connectivity index (χ1) is 16.1. The van der Waals surface area contributed by atoms with Gasteiger partial charge in [0.05, 0.1) is 11.4 Å². The average molecular weight is 444 g/mol. The first-order valence-corrected chi connectivity index (χ1v) is 11.1. The standard InChI is InChI=1S/C25H26FN7/c1-18-23(19(2)33(30-18)22-7-9-27-10-8-22)17-31-13-15-32(16-14-31)25-24(28-11-12-29-25)20-3-5-21(26)6-4-20/h3-12H,13-17H2,1-2H3. The Bertz CT molecular complexity index is 1230. The van der Waals surface area contributed by atoms with E-state index < -0.39 is 0 Å². The third kappa shape index (κ3) is 4.34. The van der Waals surface area contributed by atoms with Crippen molar-refractivity contribution < 1.29 is 4.39 Å². The molecule has 5 rings (SSSR count). The quantitative estimate of drug-likeness (QED) is 0.468. The molecule has 3 aromatic heterocycles. The van der Waals surface area contributed by atoms with Crippen molar-refractivity contribution in [2.24, 2.45) is 0 Å². The number of rotatable bonds is 5. The molecule has 0 spiro atoms. The summed E-state index contributed by atoms with van der Waals surface area (Å²) in [5.41, 5.74) is 6.17. The van der Waals surface area contributed by atoms with Crippen LogP contribution in [-0.4, -0.2) is 55.8 Å². The molecule has 0 saturated carbocycles. The van der Waals surface area contributed by atoms with E-state index in [1.54, 1.807) is 36.9 Å². The molecule has 0 atom stereocenters. The minimum Gasteiger partial charge on any atom is -0.352 e. The number of pyridine rings is 1. The van der Waals surface area contributed by atoms with Crippen LogP contribution < -0.4 is 4.90 Å². The van der Waals surface area contributed by atoms with Crippen molar-refractivity contribution in [1.82, 2.24) is 29.6 Å². The maximum Gasteiger partial charge on any atom is 0.155 e. The molecular weight excluding hydrogens is 417 g/mol. The highest BCUT2D eigenvalue weighted by Gasteiger charge is 2.23. The monoisotopic (exact) mass is 443 g/mol. The van der Waals surface area contributed by atoms with Gasteiger partial charge in [0.15, 0.2) is 5.82 Å². The summed E-state index contributed by atoms with van der Waals surface area (Å²) in [6.45, 7) is 8.59. The summed E-state index contributed by atoms with van der Waals surface area (Å²) in [6, 6.07) is 10.4. The fourth-order valence-electron chi connectivity index (χ4n) is 4.36. The molecule has 4 heterocycles. The van der Waals surface area contributed by atoms with E-state index in [0.717, 1.165) is 66.9 Å². The van der Waals surface area contributed by atoms with Gasteiger partial charge in [0.2, 0.25) is 0 Å². The fraction of sp³-hybridized carbons (Fsp3) is 0.280. The number of anilines is 1. The normalized spacial score (nSPS) is 14.6. The fourth-order valence-corrected chi connectivity index (χ4v) is 4.36. The lowest BCUT2D eigenvalue weighted by molar-refractivity contribution is 0.248. The van der Waals surface area contributed by atoms with Crippen molar-refractivity contribution in [1.29, 1.82) is 0 Å². The smallest absolute Gasteiger partial charge is 0.155 e. The number of hydrogen-bond acceptors (Lipinski definition) is 6. The summed E-state index contributed by atoms with van der Waals surface area (Å²) in [6.07, 6.45) is 6.98. The van der Waals surface area contributed by atoms with Crippen molar-refractivity contribution in [2.75, 3.05) is 31.1 Å². The molecule has 1 aromatic carbocycles. The van der Waals surface area contributed by atoms with Gasteiger partial charge in [-0.15, -0.1) is 0 Å². The highest BCUT2D eigenvalue weighted by Crippen LogP contribution is 2.28. The minimum atomic E-state index is -0.254. The van der Waals surface area contributed by atoms with Crippen molar-refractivity contribution in [3.8, 4) is 16.9 Å². The highest BCUT2D eigenvalue weighted by molar-refractivity contribution is 5.72. The number of halogens is 1. The van der Waals surface area contributed by atoms with Gasteiger partial charge in [-0.1, -0.05) is 0 Å². The molecule has 33 heavy (non-hydrogen) atoms. The largest absolute Gasteiger partial charge is 0.352 e. The Labute approximate surface area is 192 Å². The highest BCUT2D eigenvalue weighted by atomic mass is 19.1. The van der Waals surface area contributed by atoms with Crippen molar-refractivity contribution >= 4 is 5.82 Å². The zero-order valence-corrected chi connectivity index (χ0v) is 18.8. The SMILES string of the molecule is Cc1nn(-c2ccncc2)c(C)c1CN1CCN(c2nccnc2-c2ccc(F)cc2)CC1. The molecule has 8 heteroatoms. The molecule has 0 unspecified atom stereocenters. The number of piperazine rings is 1. The van der Waals surface area contributed by atoms with Crippen LogP contribution in [-0.2, 0) is 6.54 Å². The van der Waals surface area contributed by atoms with E-state index in [4.69, 9.17) is 5.10 Å². The van der Waals surface area contributed by atoms with E-state index in [1.165, 1.54) is 17.7 Å². The van der Waals surface area contributed by atoms with E-state index >= 15 is 0 Å². The van der Waals surface area contributed by atoms with E-state index in [2.05, 4.69) is 38.6 Å². The predicted octanol–water partition coefficient (Wildman–Crippen LogP) is 3.80. The molecule has 0 radical (unpaired) electrons. The van der Waals surface area contributed by atoms with E-state index in [1.807, 2.05) is 16.8 Å². The third-order valence-corrected chi connectivity index (χ3v) is 6.20. The van der Waals surface area contributed by atoms with Crippen LogP contribution in [0.4, 0.5) is 10.2 Å². The Morgan fingerprint density at radius 2 is 1.55 bits per heavy atom. The Hall–Kier alpha value is -3.65. The zero-order chi connectivity index (χ0) is 22.8. The number of aryl methyl sites for hydroxylation is 1. The Balaban J connectivity index is 1.30. The molecule has 0 N–H and O–H groups in total. The summed E-state index contributed by atoms with van der Waals surface area (Å²) in [4.78, 5) is 18.0. The van der Waals surface area contributed by atoms with E-state index in [-0.39, 0.29) is 5.82 Å². The predicted molar refractivity (Wildman–Crippen MR) is 126 cm³/mol. The molecular formula is C25H26FN7. The van der Waals surface area contributed by atoms with Gasteiger partial charge >= 0.3 is 0 Å². The molecule has 1 fully saturated rings. The second-order valence-electron chi connectivity index (χ2n) is 8.27. The molecule has 0 aliphatic carbocycles. The molecule has 1 aliphatic heterocycles. The lowest BCUT2D eigenvalue weighted by Crippen LogP contribution is -2.46. The van der Waals surface area contributed by atoms with Gasteiger partial charge in [-0.05, 0) is 50.2 Å². The maximum atomic E-state index is 13.4. The van der Waals surface area contributed by atoms with Gasteiger partial charge in [0, 0.05) is 74.3 Å². The second kappa shape index (κ2) is 9.07.